The van der Waals surface area contributed by atoms with Crippen molar-refractivity contribution in [1.29, 1.82) is 0 Å². The van der Waals surface area contributed by atoms with Crippen molar-refractivity contribution in [2.45, 2.75) is 46.0 Å². The predicted molar refractivity (Wildman–Crippen MR) is 106 cm³/mol. The highest BCUT2D eigenvalue weighted by Gasteiger charge is 2.15. The van der Waals surface area contributed by atoms with Gasteiger partial charge in [0, 0.05) is 22.1 Å². The maximum Gasteiger partial charge on any atom is 0.135 e. The van der Waals surface area contributed by atoms with E-state index in [2.05, 4.69) is 55.2 Å². The molecule has 0 aliphatic carbocycles. The number of hydrogen-bond acceptors (Lipinski definition) is 6. The van der Waals surface area contributed by atoms with E-state index in [1.807, 2.05) is 0 Å². The third-order valence-electron chi connectivity index (χ3n) is 4.24. The normalized spacial score (nSPS) is 12.1. The van der Waals surface area contributed by atoms with Crippen LogP contribution in [0.2, 0.25) is 0 Å². The molecule has 0 saturated heterocycles. The van der Waals surface area contributed by atoms with E-state index in [9.17, 15) is 0 Å². The summed E-state index contributed by atoms with van der Waals surface area (Å²) in [6.07, 6.45) is 2.41. The molecule has 0 saturated carbocycles. The summed E-state index contributed by atoms with van der Waals surface area (Å²) >= 11 is 3.40. The van der Waals surface area contributed by atoms with Crippen LogP contribution in [-0.4, -0.2) is 19.9 Å². The Morgan fingerprint density at radius 2 is 1.72 bits per heavy atom. The number of hydrogen-bond donors (Lipinski definition) is 0. The van der Waals surface area contributed by atoms with Gasteiger partial charge in [0.1, 0.15) is 21.8 Å². The summed E-state index contributed by atoms with van der Waals surface area (Å²) in [7, 11) is 0. The van der Waals surface area contributed by atoms with Gasteiger partial charge in [-0.05, 0) is 29.3 Å². The molecule has 0 aliphatic heterocycles. The average Bonchev–Trinajstić information content (AvgIpc) is 3.18. The number of thiophene rings is 2. The van der Waals surface area contributed by atoms with Gasteiger partial charge in [-0.15, -0.1) is 22.7 Å². The van der Waals surface area contributed by atoms with Gasteiger partial charge in [0.15, 0.2) is 0 Å². The topological polar surface area (TPSA) is 51.6 Å². The van der Waals surface area contributed by atoms with Crippen molar-refractivity contribution in [3.8, 4) is 0 Å². The predicted octanol–water partition coefficient (Wildman–Crippen LogP) is 5.53. The summed E-state index contributed by atoms with van der Waals surface area (Å²) < 4.78 is 0. The van der Waals surface area contributed by atoms with Crippen LogP contribution in [0.5, 0.6) is 0 Å². The summed E-state index contributed by atoms with van der Waals surface area (Å²) in [6, 6.07) is 4.34. The zero-order chi connectivity index (χ0) is 17.6. The van der Waals surface area contributed by atoms with Crippen molar-refractivity contribution in [3.63, 3.8) is 0 Å². The Balaban J connectivity index is 1.76. The number of rotatable bonds is 4. The van der Waals surface area contributed by atoms with Gasteiger partial charge in [-0.2, -0.15) is 0 Å². The molecule has 128 valence electrons. The summed E-state index contributed by atoms with van der Waals surface area (Å²) in [5, 5.41) is 4.45. The smallest absolute Gasteiger partial charge is 0.135 e. The Bertz CT molecular complexity index is 1050. The van der Waals surface area contributed by atoms with Crippen molar-refractivity contribution in [1.82, 2.24) is 19.9 Å². The quantitative estimate of drug-likeness (QED) is 0.475. The van der Waals surface area contributed by atoms with Gasteiger partial charge in [-0.3, -0.25) is 0 Å². The molecule has 0 aliphatic rings. The van der Waals surface area contributed by atoms with Crippen LogP contribution in [0, 0.1) is 0 Å². The minimum Gasteiger partial charge on any atom is -0.240 e. The fourth-order valence-electron chi connectivity index (χ4n) is 3.07. The molecule has 25 heavy (non-hydrogen) atoms. The molecule has 0 radical (unpaired) electrons. The molecule has 0 amide bonds. The molecule has 0 bridgehead atoms. The molecule has 0 fully saturated rings. The molecule has 4 rings (SSSR count). The molecular weight excluding hydrogens is 348 g/mol. The maximum absolute atomic E-state index is 4.86. The molecule has 0 spiro atoms. The summed E-state index contributed by atoms with van der Waals surface area (Å²) in [5.41, 5.74) is 2.26. The second-order valence-corrected chi connectivity index (χ2v) is 8.85. The van der Waals surface area contributed by atoms with Crippen molar-refractivity contribution in [2.75, 3.05) is 0 Å². The van der Waals surface area contributed by atoms with E-state index in [1.165, 1.54) is 15.6 Å². The second kappa shape index (κ2) is 6.42. The van der Waals surface area contributed by atoms with E-state index in [-0.39, 0.29) is 0 Å². The van der Waals surface area contributed by atoms with E-state index >= 15 is 0 Å². The fraction of sp³-hybridized carbons (Fsp3) is 0.368. The number of nitrogens with zero attached hydrogens (tertiary/aromatic N) is 4. The lowest BCUT2D eigenvalue weighted by Crippen LogP contribution is -2.01. The van der Waals surface area contributed by atoms with Crippen LogP contribution in [-0.2, 0) is 6.42 Å². The van der Waals surface area contributed by atoms with Gasteiger partial charge in [0.05, 0.1) is 11.4 Å². The van der Waals surface area contributed by atoms with Crippen LogP contribution < -0.4 is 0 Å². The van der Waals surface area contributed by atoms with E-state index in [1.54, 1.807) is 29.0 Å². The summed E-state index contributed by atoms with van der Waals surface area (Å²) in [5.74, 6) is 1.67. The zero-order valence-electron chi connectivity index (χ0n) is 14.8. The zero-order valence-corrected chi connectivity index (χ0v) is 16.4. The van der Waals surface area contributed by atoms with E-state index in [4.69, 9.17) is 9.97 Å². The lowest BCUT2D eigenvalue weighted by atomic mass is 10.1. The molecule has 4 aromatic rings. The van der Waals surface area contributed by atoms with E-state index < -0.39 is 0 Å². The van der Waals surface area contributed by atoms with Crippen LogP contribution in [0.15, 0.2) is 23.8 Å². The van der Waals surface area contributed by atoms with Gasteiger partial charge in [0.25, 0.3) is 0 Å². The van der Waals surface area contributed by atoms with Crippen molar-refractivity contribution < 1.29 is 0 Å². The Hall–Kier alpha value is -1.92. The maximum atomic E-state index is 4.86. The van der Waals surface area contributed by atoms with Crippen LogP contribution in [0.4, 0.5) is 0 Å². The van der Waals surface area contributed by atoms with Crippen LogP contribution in [0.3, 0.4) is 0 Å². The van der Waals surface area contributed by atoms with Gasteiger partial charge in [-0.25, -0.2) is 19.9 Å². The van der Waals surface area contributed by atoms with Gasteiger partial charge < -0.3 is 0 Å². The van der Waals surface area contributed by atoms with Crippen molar-refractivity contribution >= 4 is 43.1 Å². The molecule has 4 nitrogen and oxygen atoms in total. The Labute approximate surface area is 155 Å². The Kier molecular flexibility index (Phi) is 4.25. The minimum absolute atomic E-state index is 0.388. The molecule has 0 aromatic carbocycles. The van der Waals surface area contributed by atoms with Gasteiger partial charge >= 0.3 is 0 Å². The molecule has 0 atom stereocenters. The summed E-state index contributed by atoms with van der Waals surface area (Å²) in [6.45, 7) is 8.71. The van der Waals surface area contributed by atoms with Crippen molar-refractivity contribution in [2.24, 2.45) is 0 Å². The fourth-order valence-corrected chi connectivity index (χ4v) is 4.86. The summed E-state index contributed by atoms with van der Waals surface area (Å²) in [4.78, 5) is 21.9. The molecule has 4 heterocycles. The third-order valence-corrected chi connectivity index (χ3v) is 6.09. The van der Waals surface area contributed by atoms with Gasteiger partial charge in [-0.1, -0.05) is 27.7 Å². The van der Waals surface area contributed by atoms with E-state index in [0.29, 0.717) is 11.8 Å². The largest absolute Gasteiger partial charge is 0.240 e. The van der Waals surface area contributed by atoms with Crippen LogP contribution >= 0.6 is 22.7 Å². The Morgan fingerprint density at radius 3 is 2.48 bits per heavy atom. The number of fused-ring (bicyclic) bond motifs is 2. The average molecular weight is 369 g/mol. The monoisotopic (exact) mass is 368 g/mol. The van der Waals surface area contributed by atoms with Crippen LogP contribution in [0.1, 0.15) is 61.6 Å². The first-order chi connectivity index (χ1) is 12.0. The number of aromatic nitrogens is 4. The first-order valence-electron chi connectivity index (χ1n) is 8.50. The SMILES string of the molecule is CC(C)c1nc(Cc2cc3c(C(C)C)ncnc3s2)nc2sccc12. The highest BCUT2D eigenvalue weighted by Crippen LogP contribution is 2.31. The van der Waals surface area contributed by atoms with Crippen LogP contribution in [0.25, 0.3) is 20.4 Å². The highest BCUT2D eigenvalue weighted by atomic mass is 32.1. The van der Waals surface area contributed by atoms with E-state index in [0.717, 1.165) is 33.3 Å². The molecule has 4 aromatic heterocycles. The standard InChI is InChI=1S/C19H20N4S2/c1-10(2)16-14-7-12(25-18(14)21-9-20-16)8-15-22-17(11(3)4)13-5-6-24-19(13)23-15/h5-7,9-11H,8H2,1-4H3. The van der Waals surface area contributed by atoms with Crippen molar-refractivity contribution in [3.05, 3.63) is 45.9 Å². The minimum atomic E-state index is 0.388. The van der Waals surface area contributed by atoms with Gasteiger partial charge in [0.2, 0.25) is 0 Å². The first kappa shape index (κ1) is 16.5. The first-order valence-corrected chi connectivity index (χ1v) is 10.2. The molecular formula is C19H20N4S2. The molecule has 6 heteroatoms. The highest BCUT2D eigenvalue weighted by molar-refractivity contribution is 7.18. The second-order valence-electron chi connectivity index (χ2n) is 6.84. The lowest BCUT2D eigenvalue weighted by molar-refractivity contribution is 0.810. The lowest BCUT2D eigenvalue weighted by Gasteiger charge is -2.08. The third kappa shape index (κ3) is 3.04. The molecule has 0 unspecified atom stereocenters. The molecule has 0 N–H and O–H groups in total. The Morgan fingerprint density at radius 1 is 0.920 bits per heavy atom.